The molecule has 1 heterocycles. The Bertz CT molecular complexity index is 550. The zero-order valence-electron chi connectivity index (χ0n) is 11.4. The van der Waals surface area contributed by atoms with Crippen LogP contribution < -0.4 is 0 Å². The van der Waals surface area contributed by atoms with Crippen LogP contribution in [-0.4, -0.2) is 33.0 Å². The number of carbonyl (C=O) groups is 1. The number of amides is 1. The minimum atomic E-state index is -0.174. The van der Waals surface area contributed by atoms with Gasteiger partial charge in [-0.3, -0.25) is 9.89 Å². The summed E-state index contributed by atoms with van der Waals surface area (Å²) in [6.07, 6.45) is 0.734. The molecule has 0 bridgehead atoms. The molecule has 2 aromatic rings. The van der Waals surface area contributed by atoms with E-state index in [4.69, 9.17) is 0 Å². The van der Waals surface area contributed by atoms with Gasteiger partial charge in [0.25, 0.3) is 5.91 Å². The Morgan fingerprint density at radius 1 is 1.37 bits per heavy atom. The maximum absolute atomic E-state index is 12.3. The van der Waals surface area contributed by atoms with Gasteiger partial charge in [-0.15, -0.1) is 5.10 Å². The van der Waals surface area contributed by atoms with Gasteiger partial charge in [0.1, 0.15) is 5.82 Å². The summed E-state index contributed by atoms with van der Waals surface area (Å²) >= 11 is 0. The maximum Gasteiger partial charge on any atom is 0.293 e. The van der Waals surface area contributed by atoms with E-state index in [9.17, 15) is 4.79 Å². The van der Waals surface area contributed by atoms with E-state index in [1.807, 2.05) is 44.2 Å². The van der Waals surface area contributed by atoms with Crippen LogP contribution in [-0.2, 0) is 6.42 Å². The minimum Gasteiger partial charge on any atom is -0.332 e. The van der Waals surface area contributed by atoms with Gasteiger partial charge in [-0.25, -0.2) is 4.98 Å². The van der Waals surface area contributed by atoms with Gasteiger partial charge in [-0.05, 0) is 12.5 Å². The van der Waals surface area contributed by atoms with E-state index in [1.165, 1.54) is 0 Å². The fourth-order valence-corrected chi connectivity index (χ4v) is 1.84. The highest BCUT2D eigenvalue weighted by Gasteiger charge is 2.22. The Labute approximate surface area is 112 Å². The van der Waals surface area contributed by atoms with Gasteiger partial charge in [0, 0.05) is 13.5 Å². The second-order valence-electron chi connectivity index (χ2n) is 4.46. The molecule has 1 unspecified atom stereocenters. The molecular weight excluding hydrogens is 240 g/mol. The summed E-state index contributed by atoms with van der Waals surface area (Å²) in [7, 11) is 1.77. The van der Waals surface area contributed by atoms with E-state index in [2.05, 4.69) is 15.2 Å². The summed E-state index contributed by atoms with van der Waals surface area (Å²) in [5.74, 6) is 0.776. The third-order valence-corrected chi connectivity index (χ3v) is 3.24. The predicted molar refractivity (Wildman–Crippen MR) is 72.7 cm³/mol. The fourth-order valence-electron chi connectivity index (χ4n) is 1.84. The highest BCUT2D eigenvalue weighted by Crippen LogP contribution is 2.19. The number of aryl methyl sites for hydroxylation is 1. The van der Waals surface area contributed by atoms with Gasteiger partial charge in [0.15, 0.2) is 0 Å². The molecule has 0 saturated heterocycles. The van der Waals surface area contributed by atoms with Crippen LogP contribution in [0.3, 0.4) is 0 Å². The molecule has 5 heteroatoms. The van der Waals surface area contributed by atoms with Crippen molar-refractivity contribution in [2.24, 2.45) is 0 Å². The summed E-state index contributed by atoms with van der Waals surface area (Å²) in [6, 6.07) is 9.88. The van der Waals surface area contributed by atoms with E-state index in [-0.39, 0.29) is 17.8 Å². The quantitative estimate of drug-likeness (QED) is 0.914. The Morgan fingerprint density at radius 2 is 2.05 bits per heavy atom. The van der Waals surface area contributed by atoms with E-state index in [0.717, 1.165) is 17.8 Å². The van der Waals surface area contributed by atoms with Gasteiger partial charge < -0.3 is 4.90 Å². The van der Waals surface area contributed by atoms with Crippen LogP contribution in [0.2, 0.25) is 0 Å². The lowest BCUT2D eigenvalue weighted by Gasteiger charge is -2.24. The number of benzene rings is 1. The molecule has 100 valence electrons. The van der Waals surface area contributed by atoms with Crippen LogP contribution in [0, 0.1) is 0 Å². The van der Waals surface area contributed by atoms with Gasteiger partial charge in [0.05, 0.1) is 6.04 Å². The molecule has 0 saturated carbocycles. The standard InChI is InChI=1S/C14H18N4O/c1-4-12-15-13(17-16-12)14(19)18(3)10(2)11-8-6-5-7-9-11/h5-10H,4H2,1-3H3,(H,15,16,17). The first-order valence-corrected chi connectivity index (χ1v) is 6.36. The van der Waals surface area contributed by atoms with Crippen LogP contribution in [0.25, 0.3) is 0 Å². The van der Waals surface area contributed by atoms with Gasteiger partial charge in [0.2, 0.25) is 5.82 Å². The molecule has 1 amide bonds. The van der Waals surface area contributed by atoms with E-state index in [0.29, 0.717) is 0 Å². The predicted octanol–water partition coefficient (Wildman–Crippen LogP) is 2.20. The summed E-state index contributed by atoms with van der Waals surface area (Å²) in [6.45, 7) is 3.95. The highest BCUT2D eigenvalue weighted by molar-refractivity contribution is 5.90. The smallest absolute Gasteiger partial charge is 0.293 e. The third kappa shape index (κ3) is 2.81. The first-order valence-electron chi connectivity index (χ1n) is 6.36. The van der Waals surface area contributed by atoms with Crippen molar-refractivity contribution >= 4 is 5.91 Å². The average molecular weight is 258 g/mol. The molecule has 0 aliphatic carbocycles. The van der Waals surface area contributed by atoms with Gasteiger partial charge >= 0.3 is 0 Å². The average Bonchev–Trinajstić information content (AvgIpc) is 2.94. The number of hydrogen-bond donors (Lipinski definition) is 1. The number of hydrogen-bond acceptors (Lipinski definition) is 3. The number of aromatic amines is 1. The minimum absolute atomic E-state index is 0.0164. The normalized spacial score (nSPS) is 12.2. The van der Waals surface area contributed by atoms with Crippen molar-refractivity contribution in [3.63, 3.8) is 0 Å². The third-order valence-electron chi connectivity index (χ3n) is 3.24. The Morgan fingerprint density at radius 3 is 2.63 bits per heavy atom. The lowest BCUT2D eigenvalue weighted by molar-refractivity contribution is 0.0730. The highest BCUT2D eigenvalue weighted by atomic mass is 16.2. The lowest BCUT2D eigenvalue weighted by Crippen LogP contribution is -2.30. The zero-order chi connectivity index (χ0) is 13.8. The zero-order valence-corrected chi connectivity index (χ0v) is 11.4. The molecule has 1 aromatic carbocycles. The molecule has 0 aliphatic rings. The fraction of sp³-hybridized carbons (Fsp3) is 0.357. The van der Waals surface area contributed by atoms with Crippen LogP contribution in [0.15, 0.2) is 30.3 Å². The summed E-state index contributed by atoms with van der Waals surface area (Å²) in [5.41, 5.74) is 1.09. The molecule has 1 aromatic heterocycles. The number of nitrogens with one attached hydrogen (secondary N) is 1. The van der Waals surface area contributed by atoms with Crippen LogP contribution in [0.5, 0.6) is 0 Å². The van der Waals surface area contributed by atoms with E-state index in [1.54, 1.807) is 11.9 Å². The second kappa shape index (κ2) is 5.65. The van der Waals surface area contributed by atoms with E-state index >= 15 is 0 Å². The van der Waals surface area contributed by atoms with Crippen molar-refractivity contribution in [1.82, 2.24) is 20.1 Å². The molecule has 1 atom stereocenters. The topological polar surface area (TPSA) is 61.9 Å². The molecule has 2 rings (SSSR count). The van der Waals surface area contributed by atoms with Gasteiger partial charge in [-0.1, -0.05) is 37.3 Å². The van der Waals surface area contributed by atoms with Crippen molar-refractivity contribution < 1.29 is 4.79 Å². The second-order valence-corrected chi connectivity index (χ2v) is 4.46. The van der Waals surface area contributed by atoms with Crippen molar-refractivity contribution in [2.45, 2.75) is 26.3 Å². The molecule has 0 radical (unpaired) electrons. The molecular formula is C14H18N4O. The SMILES string of the molecule is CCc1nc(C(=O)N(C)C(C)c2ccccc2)n[nH]1. The first-order chi connectivity index (χ1) is 9.13. The van der Waals surface area contributed by atoms with Crippen LogP contribution >= 0.6 is 0 Å². The maximum atomic E-state index is 12.3. The van der Waals surface area contributed by atoms with E-state index < -0.39 is 0 Å². The van der Waals surface area contributed by atoms with Crippen molar-refractivity contribution in [1.29, 1.82) is 0 Å². The lowest BCUT2D eigenvalue weighted by atomic mass is 10.1. The molecule has 0 fully saturated rings. The molecule has 19 heavy (non-hydrogen) atoms. The first kappa shape index (κ1) is 13.3. The van der Waals surface area contributed by atoms with Crippen LogP contribution in [0.1, 0.15) is 41.9 Å². The number of nitrogens with zero attached hydrogens (tertiary/aromatic N) is 3. The van der Waals surface area contributed by atoms with Crippen molar-refractivity contribution in [3.8, 4) is 0 Å². The van der Waals surface area contributed by atoms with Crippen molar-refractivity contribution in [2.75, 3.05) is 7.05 Å². The Hall–Kier alpha value is -2.17. The Kier molecular flexibility index (Phi) is 3.94. The van der Waals surface area contributed by atoms with Crippen molar-refractivity contribution in [3.05, 3.63) is 47.5 Å². The Balaban J connectivity index is 2.15. The van der Waals surface area contributed by atoms with Gasteiger partial charge in [-0.2, -0.15) is 0 Å². The molecule has 0 spiro atoms. The number of H-pyrrole nitrogens is 1. The summed E-state index contributed by atoms with van der Waals surface area (Å²) < 4.78 is 0. The number of carbonyl (C=O) groups excluding carboxylic acids is 1. The number of aromatic nitrogens is 3. The molecule has 1 N–H and O–H groups in total. The summed E-state index contributed by atoms with van der Waals surface area (Å²) in [5, 5.41) is 6.72. The molecule has 0 aliphatic heterocycles. The summed E-state index contributed by atoms with van der Waals surface area (Å²) in [4.78, 5) is 18.1. The van der Waals surface area contributed by atoms with Crippen LogP contribution in [0.4, 0.5) is 0 Å². The number of rotatable bonds is 4. The largest absolute Gasteiger partial charge is 0.332 e. The molecule has 5 nitrogen and oxygen atoms in total. The monoisotopic (exact) mass is 258 g/mol.